The average molecular weight is 1020 g/mol. The molecule has 0 unspecified atom stereocenters. The van der Waals surface area contributed by atoms with Gasteiger partial charge in [0.25, 0.3) is 11.8 Å². The van der Waals surface area contributed by atoms with Gasteiger partial charge < -0.3 is 30.0 Å². The molecule has 0 aromatic carbocycles. The maximum Gasteiger partial charge on any atom is 0.273 e. The molecule has 19 heteroatoms. The molecule has 2 aliphatic heterocycles. The van der Waals surface area contributed by atoms with Crippen molar-refractivity contribution in [3.63, 3.8) is 0 Å². The number of hydrogen-bond acceptors (Lipinski definition) is 12. The van der Waals surface area contributed by atoms with E-state index in [-0.39, 0.29) is 51.3 Å². The van der Waals surface area contributed by atoms with E-state index in [1.54, 1.807) is 37.3 Å². The first-order valence-corrected chi connectivity index (χ1v) is 25.9. The van der Waals surface area contributed by atoms with Crippen LogP contribution in [0.5, 0.6) is 0 Å². The van der Waals surface area contributed by atoms with E-state index in [0.29, 0.717) is 41.0 Å². The van der Waals surface area contributed by atoms with Crippen molar-refractivity contribution in [1.82, 2.24) is 58.6 Å². The number of pyridine rings is 2. The molecule has 3 N–H and O–H groups in total. The summed E-state index contributed by atoms with van der Waals surface area (Å²) >= 11 is 5.85. The van der Waals surface area contributed by atoms with Gasteiger partial charge in [0.2, 0.25) is 11.2 Å². The first-order chi connectivity index (χ1) is 35.0. The highest BCUT2D eigenvalue weighted by atomic mass is 35.5. The van der Waals surface area contributed by atoms with Gasteiger partial charge in [0.15, 0.2) is 11.6 Å². The van der Waals surface area contributed by atoms with E-state index in [1.807, 2.05) is 24.5 Å². The number of carbonyl (C=O) groups is 2. The minimum absolute atomic E-state index is 0.0476. The quantitative estimate of drug-likeness (QED) is 0.125. The summed E-state index contributed by atoms with van der Waals surface area (Å²) in [5.41, 5.74) is 11.6. The lowest BCUT2D eigenvalue weighted by Crippen LogP contribution is -2.34. The number of anilines is 3. The standard InChI is InChI=1S/C27H34FN7O.C14H16ClFN4O.C13H19N3/c1-17(2)34-13-11-18(12-14-34)19-9-10-22(29-15-19)31-27-30-16-21-23(28)24(26(36)33(3)4)35(25(21)32-27)20-7-5-6-8-20;1-19(2)13(21)11-10(16)9-7-17-14(15)18-12(9)20(11)8-5-3-4-6-8;1-10(2)16-7-5-11(6-8-16)12-3-4-13(14)15-9-12/h9-11,15-17,20H,5-8,12-14H2,1-4H3,(H,29,30,31,32);7-8H,3-6H2,1-2H3;3-5,9-10H,6-8H2,1-2H3,(H2,14,15). The lowest BCUT2D eigenvalue weighted by molar-refractivity contribution is 0.0803. The summed E-state index contributed by atoms with van der Waals surface area (Å²) in [7, 11) is 6.49. The van der Waals surface area contributed by atoms with Gasteiger partial charge in [-0.15, -0.1) is 0 Å². The summed E-state index contributed by atoms with van der Waals surface area (Å²) in [6.07, 6.45) is 21.1. The number of carbonyl (C=O) groups excluding carboxylic acids is 2. The molecule has 2 aliphatic carbocycles. The zero-order chi connectivity index (χ0) is 52.1. The molecule has 0 bridgehead atoms. The number of nitrogen functional groups attached to an aromatic ring is 1. The number of nitrogens with one attached hydrogen (secondary N) is 1. The molecule has 2 fully saturated rings. The van der Waals surface area contributed by atoms with Gasteiger partial charge in [0.05, 0.1) is 10.8 Å². The first kappa shape index (κ1) is 52.9. The highest BCUT2D eigenvalue weighted by Crippen LogP contribution is 2.38. The molecule has 2 amide bonds. The fourth-order valence-electron chi connectivity index (χ4n) is 10.2. The van der Waals surface area contributed by atoms with Crippen LogP contribution >= 0.6 is 11.6 Å². The van der Waals surface area contributed by atoms with Crippen molar-refractivity contribution in [2.75, 3.05) is 65.4 Å². The Balaban J connectivity index is 0.000000162. The SMILES string of the molecule is CC(C)N1CC=C(c2ccc(N)nc2)CC1.CC(C)N1CC=C(c2ccc(Nc3ncc4c(F)c(C(=O)N(C)C)n(C5CCCC5)c4n3)nc2)CC1.CN(C)C(=O)c1c(F)c2cnc(Cl)nc2n1C1CCCC1. The topological polar surface area (TPSA) is 172 Å². The van der Waals surface area contributed by atoms with Gasteiger partial charge in [-0.05, 0) is 124 Å². The largest absolute Gasteiger partial charge is 0.384 e. The Kier molecular flexibility index (Phi) is 16.8. The van der Waals surface area contributed by atoms with Crippen molar-refractivity contribution in [2.24, 2.45) is 0 Å². The molecule has 2 saturated carbocycles. The Morgan fingerprint density at radius 1 is 0.658 bits per heavy atom. The number of fused-ring (bicyclic) bond motifs is 2. The Morgan fingerprint density at radius 2 is 1.12 bits per heavy atom. The number of aromatic nitrogens is 8. The number of hydrogen-bond donors (Lipinski definition) is 2. The molecule has 16 nitrogen and oxygen atoms in total. The van der Waals surface area contributed by atoms with Crippen LogP contribution in [-0.4, -0.2) is 137 Å². The maximum atomic E-state index is 15.4. The minimum Gasteiger partial charge on any atom is -0.384 e. The predicted octanol–water partition coefficient (Wildman–Crippen LogP) is 10.2. The van der Waals surface area contributed by atoms with E-state index < -0.39 is 11.6 Å². The van der Waals surface area contributed by atoms with Crippen molar-refractivity contribution in [3.8, 4) is 0 Å². The molecule has 0 spiro atoms. The Hall–Kier alpha value is -6.37. The second-order valence-electron chi connectivity index (χ2n) is 20.3. The third kappa shape index (κ3) is 11.9. The Morgan fingerprint density at radius 3 is 1.53 bits per heavy atom. The average Bonchev–Trinajstić information content (AvgIpc) is 4.22. The van der Waals surface area contributed by atoms with Crippen molar-refractivity contribution in [2.45, 2.75) is 116 Å². The lowest BCUT2D eigenvalue weighted by atomic mass is 10.0. The van der Waals surface area contributed by atoms with E-state index in [2.05, 4.69) is 97.0 Å². The smallest absolute Gasteiger partial charge is 0.273 e. The summed E-state index contributed by atoms with van der Waals surface area (Å²) in [5.74, 6) is -0.320. The summed E-state index contributed by atoms with van der Waals surface area (Å²) in [5, 5.41) is 3.72. The normalized spacial score (nSPS) is 16.8. The van der Waals surface area contributed by atoms with E-state index in [9.17, 15) is 14.0 Å². The number of nitrogens with zero attached hydrogens (tertiary/aromatic N) is 12. The van der Waals surface area contributed by atoms with Crippen LogP contribution in [0.25, 0.3) is 33.2 Å². The number of nitrogens with two attached hydrogens (primary N) is 1. The number of rotatable bonds is 10. The van der Waals surface area contributed by atoms with Gasteiger partial charge in [0.1, 0.15) is 34.3 Å². The minimum atomic E-state index is -0.563. The molecule has 0 saturated heterocycles. The fraction of sp³-hybridized carbons (Fsp3) is 0.481. The van der Waals surface area contributed by atoms with Crippen molar-refractivity contribution in [3.05, 3.63) is 101 Å². The molecule has 10 rings (SSSR count). The molecule has 8 heterocycles. The van der Waals surface area contributed by atoms with Crippen LogP contribution in [0.4, 0.5) is 26.4 Å². The first-order valence-electron chi connectivity index (χ1n) is 25.5. The van der Waals surface area contributed by atoms with Crippen LogP contribution in [0.3, 0.4) is 0 Å². The van der Waals surface area contributed by atoms with Gasteiger partial charge in [0, 0.05) is 103 Å². The Labute approximate surface area is 431 Å². The van der Waals surface area contributed by atoms with E-state index in [1.165, 1.54) is 38.9 Å². The molecule has 0 atom stereocenters. The van der Waals surface area contributed by atoms with E-state index >= 15 is 4.39 Å². The van der Waals surface area contributed by atoms with Gasteiger partial charge in [-0.2, -0.15) is 9.97 Å². The van der Waals surface area contributed by atoms with Crippen LogP contribution < -0.4 is 11.1 Å². The second kappa shape index (κ2) is 23.2. The lowest BCUT2D eigenvalue weighted by Gasteiger charge is -2.29. The second-order valence-corrected chi connectivity index (χ2v) is 20.7. The summed E-state index contributed by atoms with van der Waals surface area (Å²) in [6.45, 7) is 13.1. The monoisotopic (exact) mass is 1020 g/mol. The van der Waals surface area contributed by atoms with Crippen molar-refractivity contribution < 1.29 is 18.4 Å². The van der Waals surface area contributed by atoms with Gasteiger partial charge in [-0.3, -0.25) is 19.4 Å². The van der Waals surface area contributed by atoms with Gasteiger partial charge in [-0.25, -0.2) is 28.7 Å². The summed E-state index contributed by atoms with van der Waals surface area (Å²) in [6, 6.07) is 9.20. The van der Waals surface area contributed by atoms with Gasteiger partial charge >= 0.3 is 0 Å². The zero-order valence-electron chi connectivity index (χ0n) is 43.4. The van der Waals surface area contributed by atoms with Crippen LogP contribution in [0.2, 0.25) is 5.28 Å². The zero-order valence-corrected chi connectivity index (χ0v) is 44.1. The predicted molar refractivity (Wildman–Crippen MR) is 286 cm³/mol. The molecule has 0 radical (unpaired) electrons. The molecule has 388 valence electrons. The molecule has 6 aromatic heterocycles. The molecule has 4 aliphatic rings. The summed E-state index contributed by atoms with van der Waals surface area (Å²) in [4.78, 5) is 58.6. The highest BCUT2D eigenvalue weighted by molar-refractivity contribution is 6.28. The van der Waals surface area contributed by atoms with Crippen LogP contribution in [0.15, 0.2) is 61.2 Å². The third-order valence-electron chi connectivity index (χ3n) is 14.4. The van der Waals surface area contributed by atoms with Crippen LogP contribution in [0.1, 0.15) is 136 Å². The van der Waals surface area contributed by atoms with E-state index in [4.69, 9.17) is 17.3 Å². The number of halogens is 3. The molecule has 73 heavy (non-hydrogen) atoms. The molecule has 6 aromatic rings. The van der Waals surface area contributed by atoms with E-state index in [0.717, 1.165) is 96.0 Å². The maximum absolute atomic E-state index is 15.4. The Bertz CT molecular complexity index is 2970. The number of amides is 2. The van der Waals surface area contributed by atoms with Crippen molar-refractivity contribution >= 4 is 74.2 Å². The summed E-state index contributed by atoms with van der Waals surface area (Å²) < 4.78 is 33.6. The van der Waals surface area contributed by atoms with Crippen LogP contribution in [-0.2, 0) is 0 Å². The third-order valence-corrected chi connectivity index (χ3v) is 14.6. The van der Waals surface area contributed by atoms with Crippen LogP contribution in [0, 0.1) is 11.6 Å². The van der Waals surface area contributed by atoms with Crippen molar-refractivity contribution in [1.29, 1.82) is 0 Å². The highest BCUT2D eigenvalue weighted by Gasteiger charge is 2.33. The molecular weight excluding hydrogens is 950 g/mol. The van der Waals surface area contributed by atoms with Gasteiger partial charge in [-0.1, -0.05) is 37.8 Å². The fourth-order valence-corrected chi connectivity index (χ4v) is 10.3. The molecular formula is C54H69ClF2N14O2.